The Hall–Kier alpha value is 1.58. The second-order valence-electron chi connectivity index (χ2n) is 5.61. The molecule has 0 aromatic carbocycles. The Morgan fingerprint density at radius 2 is 1.29 bits per heavy atom. The Morgan fingerprint density at radius 3 is 1.62 bits per heavy atom. The first-order chi connectivity index (χ1) is 8.89. The van der Waals surface area contributed by atoms with Crippen LogP contribution in [0.3, 0.4) is 0 Å². The molecule has 0 fully saturated rings. The molecule has 2 N–H and O–H groups in total. The van der Waals surface area contributed by atoms with Crippen molar-refractivity contribution in [3.05, 3.63) is 0 Å². The molecular weight excluding hydrogens is 306 g/mol. The van der Waals surface area contributed by atoms with Crippen molar-refractivity contribution in [1.29, 1.82) is 0 Å². The van der Waals surface area contributed by atoms with Crippen LogP contribution in [0.25, 0.3) is 0 Å². The fourth-order valence-corrected chi connectivity index (χ4v) is 2.45. The molecule has 0 bridgehead atoms. The van der Waals surface area contributed by atoms with Crippen molar-refractivity contribution in [3.8, 4) is 0 Å². The molecule has 116 valence electrons. The summed E-state index contributed by atoms with van der Waals surface area (Å²) in [6, 6.07) is 0. The summed E-state index contributed by atoms with van der Waals surface area (Å²) in [4.78, 5) is 22.7. The zero-order valence-electron chi connectivity index (χ0n) is 12.4. The second-order valence-corrected chi connectivity index (χ2v) is 5.61. The van der Waals surface area contributed by atoms with E-state index in [1.807, 2.05) is 0 Å². The van der Waals surface area contributed by atoms with Crippen LogP contribution in [-0.2, 0) is 9.59 Å². The van der Waals surface area contributed by atoms with Gasteiger partial charge in [0.1, 0.15) is 0 Å². The molecule has 0 aliphatic carbocycles. The third-order valence-corrected chi connectivity index (χ3v) is 3.92. The number of carbonyl (C=O) groups is 2. The summed E-state index contributed by atoms with van der Waals surface area (Å²) < 4.78 is 0. The SMILES string of the molecule is CCCCCCCCCC(C(=O)O)(C(=O)O)C(C)C.[KH].[NaH]. The molecular formula is C15H30KNaO4. The molecule has 0 radical (unpaired) electrons. The molecule has 0 heterocycles. The zero-order chi connectivity index (χ0) is 14.9. The van der Waals surface area contributed by atoms with Gasteiger partial charge in [-0.05, 0) is 12.3 Å². The van der Waals surface area contributed by atoms with Crippen LogP contribution >= 0.6 is 0 Å². The Balaban J connectivity index is -0.00000162. The van der Waals surface area contributed by atoms with E-state index in [9.17, 15) is 19.8 Å². The number of carboxylic acid groups (broad SMARTS) is 2. The summed E-state index contributed by atoms with van der Waals surface area (Å²) in [6.45, 7) is 5.50. The van der Waals surface area contributed by atoms with E-state index in [1.54, 1.807) is 13.8 Å². The Bertz CT molecular complexity index is 281. The van der Waals surface area contributed by atoms with Crippen LogP contribution in [0.2, 0.25) is 0 Å². The monoisotopic (exact) mass is 336 g/mol. The van der Waals surface area contributed by atoms with Gasteiger partial charge < -0.3 is 10.2 Å². The van der Waals surface area contributed by atoms with Gasteiger partial charge in [0.05, 0.1) is 0 Å². The molecule has 0 saturated heterocycles. The topological polar surface area (TPSA) is 74.6 Å². The van der Waals surface area contributed by atoms with Gasteiger partial charge in [-0.3, -0.25) is 9.59 Å². The summed E-state index contributed by atoms with van der Waals surface area (Å²) in [5.41, 5.74) is -1.62. The van der Waals surface area contributed by atoms with Crippen LogP contribution in [0.15, 0.2) is 0 Å². The first kappa shape index (κ1) is 27.4. The maximum atomic E-state index is 11.3. The quantitative estimate of drug-likeness (QED) is 0.345. The maximum absolute atomic E-state index is 11.3. The van der Waals surface area contributed by atoms with Gasteiger partial charge in [-0.25, -0.2) is 0 Å². The summed E-state index contributed by atoms with van der Waals surface area (Å²) in [5, 5.41) is 18.5. The van der Waals surface area contributed by atoms with Crippen LogP contribution < -0.4 is 0 Å². The molecule has 0 aromatic heterocycles. The van der Waals surface area contributed by atoms with Gasteiger partial charge >= 0.3 is 92.9 Å². The fraction of sp³-hybridized carbons (Fsp3) is 0.867. The summed E-state index contributed by atoms with van der Waals surface area (Å²) in [5.74, 6) is -2.82. The number of hydrogen-bond acceptors (Lipinski definition) is 2. The van der Waals surface area contributed by atoms with E-state index >= 15 is 0 Å². The first-order valence-corrected chi connectivity index (χ1v) is 7.36. The van der Waals surface area contributed by atoms with Crippen molar-refractivity contribution < 1.29 is 19.8 Å². The van der Waals surface area contributed by atoms with Crippen molar-refractivity contribution in [2.75, 3.05) is 0 Å². The minimum absolute atomic E-state index is 0. The molecule has 0 atom stereocenters. The van der Waals surface area contributed by atoms with Gasteiger partial charge in [0.2, 0.25) is 0 Å². The number of rotatable bonds is 11. The van der Waals surface area contributed by atoms with Crippen molar-refractivity contribution in [3.63, 3.8) is 0 Å². The van der Waals surface area contributed by atoms with Gasteiger partial charge in [0.15, 0.2) is 5.41 Å². The first-order valence-electron chi connectivity index (χ1n) is 7.36. The molecule has 0 rings (SSSR count). The van der Waals surface area contributed by atoms with Crippen molar-refractivity contribution in [2.45, 2.75) is 72.1 Å². The zero-order valence-corrected chi connectivity index (χ0v) is 12.4. The van der Waals surface area contributed by atoms with Crippen LogP contribution in [-0.4, -0.2) is 103 Å². The van der Waals surface area contributed by atoms with E-state index in [2.05, 4.69) is 6.92 Å². The third kappa shape index (κ3) is 9.45. The molecule has 0 amide bonds. The van der Waals surface area contributed by atoms with Gasteiger partial charge in [-0.15, -0.1) is 0 Å². The van der Waals surface area contributed by atoms with Crippen LogP contribution in [0, 0.1) is 11.3 Å². The molecule has 0 aliphatic heterocycles. The second kappa shape index (κ2) is 15.1. The van der Waals surface area contributed by atoms with Crippen molar-refractivity contribution >= 4 is 92.9 Å². The van der Waals surface area contributed by atoms with Crippen molar-refractivity contribution in [1.82, 2.24) is 0 Å². The summed E-state index contributed by atoms with van der Waals surface area (Å²) in [7, 11) is 0. The van der Waals surface area contributed by atoms with E-state index in [0.29, 0.717) is 6.42 Å². The van der Waals surface area contributed by atoms with Gasteiger partial charge in [0, 0.05) is 0 Å². The van der Waals surface area contributed by atoms with E-state index < -0.39 is 23.3 Å². The van der Waals surface area contributed by atoms with E-state index in [0.717, 1.165) is 19.3 Å². The van der Waals surface area contributed by atoms with Crippen LogP contribution in [0.5, 0.6) is 0 Å². The molecule has 6 heteroatoms. The van der Waals surface area contributed by atoms with Crippen LogP contribution in [0.1, 0.15) is 72.1 Å². The summed E-state index contributed by atoms with van der Waals surface area (Å²) >= 11 is 0. The number of carboxylic acids is 2. The number of unbranched alkanes of at least 4 members (excludes halogenated alkanes) is 6. The standard InChI is InChI=1S/C15H28O4.K.Na.2H/c1-4-5-6-7-8-9-10-11-15(12(2)3,13(16)17)14(18)19;;;;/h12H,4-11H2,1-3H3,(H,16,17)(H,18,19);;;;. The van der Waals surface area contributed by atoms with E-state index in [1.165, 1.54) is 19.3 Å². The van der Waals surface area contributed by atoms with E-state index in [4.69, 9.17) is 0 Å². The number of aliphatic carboxylic acids is 2. The minimum atomic E-state index is -1.62. The normalized spacial score (nSPS) is 10.7. The molecule has 21 heavy (non-hydrogen) atoms. The van der Waals surface area contributed by atoms with Gasteiger partial charge in [-0.1, -0.05) is 65.7 Å². The predicted octanol–water partition coefficient (Wildman–Crippen LogP) is 2.64. The Labute approximate surface area is 193 Å². The molecule has 0 spiro atoms. The Kier molecular flexibility index (Phi) is 19.8. The molecule has 0 aliphatic rings. The van der Waals surface area contributed by atoms with Crippen LogP contribution in [0.4, 0.5) is 0 Å². The predicted molar refractivity (Wildman–Crippen MR) is 89.5 cm³/mol. The Morgan fingerprint density at radius 1 is 0.905 bits per heavy atom. The fourth-order valence-electron chi connectivity index (χ4n) is 2.45. The van der Waals surface area contributed by atoms with Gasteiger partial charge in [-0.2, -0.15) is 0 Å². The van der Waals surface area contributed by atoms with E-state index in [-0.39, 0.29) is 87.4 Å². The summed E-state index contributed by atoms with van der Waals surface area (Å²) in [6.07, 6.45) is 7.68. The van der Waals surface area contributed by atoms with Crippen molar-refractivity contribution in [2.24, 2.45) is 11.3 Å². The number of hydrogen-bond donors (Lipinski definition) is 2. The third-order valence-electron chi connectivity index (χ3n) is 3.92. The average Bonchev–Trinajstić information content (AvgIpc) is 2.31. The molecule has 0 unspecified atom stereocenters. The van der Waals surface area contributed by atoms with Gasteiger partial charge in [0.25, 0.3) is 0 Å². The molecule has 4 nitrogen and oxygen atoms in total. The molecule has 0 aromatic rings. The average molecular weight is 336 g/mol. The molecule has 0 saturated carbocycles.